The molecule has 26 heavy (non-hydrogen) atoms. The highest BCUT2D eigenvalue weighted by Crippen LogP contribution is 2.17. The molecule has 136 valence electrons. The lowest BCUT2D eigenvalue weighted by Crippen LogP contribution is -2.44. The van der Waals surface area contributed by atoms with Gasteiger partial charge >= 0.3 is 0 Å². The summed E-state index contributed by atoms with van der Waals surface area (Å²) in [4.78, 5) is 32.5. The Hall–Kier alpha value is -2.93. The molecule has 2 aromatic rings. The van der Waals surface area contributed by atoms with Crippen LogP contribution in [0.25, 0.3) is 0 Å². The number of rotatable bonds is 4. The van der Waals surface area contributed by atoms with Gasteiger partial charge in [-0.15, -0.1) is 0 Å². The van der Waals surface area contributed by atoms with Gasteiger partial charge in [0.05, 0.1) is 5.56 Å². The van der Waals surface area contributed by atoms with Gasteiger partial charge in [0.25, 0.3) is 5.91 Å². The van der Waals surface area contributed by atoms with Crippen molar-refractivity contribution in [1.82, 2.24) is 9.88 Å². The number of likely N-dealkylation sites (N-methyl/N-ethyl adjacent to an activating group) is 1. The fourth-order valence-corrected chi connectivity index (χ4v) is 2.82. The Kier molecular flexibility index (Phi) is 5.48. The molecule has 1 aromatic carbocycles. The van der Waals surface area contributed by atoms with E-state index in [2.05, 4.69) is 32.5 Å². The summed E-state index contributed by atoms with van der Waals surface area (Å²) in [5.41, 5.74) is 1.75. The van der Waals surface area contributed by atoms with E-state index in [0.29, 0.717) is 16.9 Å². The molecule has 0 saturated carbocycles. The van der Waals surface area contributed by atoms with Gasteiger partial charge in [0.2, 0.25) is 5.91 Å². The van der Waals surface area contributed by atoms with E-state index in [1.807, 2.05) is 6.07 Å². The van der Waals surface area contributed by atoms with Gasteiger partial charge in [-0.2, -0.15) is 0 Å². The Morgan fingerprint density at radius 1 is 1.00 bits per heavy atom. The monoisotopic (exact) mass is 353 g/mol. The van der Waals surface area contributed by atoms with Gasteiger partial charge in [-0.05, 0) is 37.4 Å². The van der Waals surface area contributed by atoms with E-state index in [4.69, 9.17) is 0 Å². The minimum Gasteiger partial charge on any atom is -0.354 e. The van der Waals surface area contributed by atoms with Gasteiger partial charge in [-0.3, -0.25) is 9.59 Å². The van der Waals surface area contributed by atoms with Crippen LogP contribution in [0.15, 0.2) is 42.6 Å². The Labute approximate surface area is 153 Å². The summed E-state index contributed by atoms with van der Waals surface area (Å²) in [6.07, 6.45) is 1.60. The lowest BCUT2D eigenvalue weighted by atomic mass is 10.2. The van der Waals surface area contributed by atoms with E-state index in [-0.39, 0.29) is 11.8 Å². The minimum atomic E-state index is -0.234. The number of nitrogens with one attached hydrogen (secondary N) is 2. The summed E-state index contributed by atoms with van der Waals surface area (Å²) < 4.78 is 0. The number of carbonyl (C=O) groups excluding carboxylic acids is 2. The first-order chi connectivity index (χ1) is 12.5. The highest BCUT2D eigenvalue weighted by atomic mass is 16.2. The first-order valence-electron chi connectivity index (χ1n) is 8.60. The molecule has 1 saturated heterocycles. The number of nitrogens with zero attached hydrogens (tertiary/aromatic N) is 3. The predicted octanol–water partition coefficient (Wildman–Crippen LogP) is 2.04. The first kappa shape index (κ1) is 17.9. The molecule has 1 aliphatic heterocycles. The van der Waals surface area contributed by atoms with Crippen molar-refractivity contribution in [3.63, 3.8) is 0 Å². The van der Waals surface area contributed by atoms with Crippen LogP contribution in [0.5, 0.6) is 0 Å². The van der Waals surface area contributed by atoms with Crippen molar-refractivity contribution >= 4 is 29.0 Å². The predicted molar refractivity (Wildman–Crippen MR) is 103 cm³/mol. The molecule has 0 atom stereocenters. The van der Waals surface area contributed by atoms with Crippen LogP contribution in [0.4, 0.5) is 17.2 Å². The van der Waals surface area contributed by atoms with Crippen molar-refractivity contribution in [2.45, 2.75) is 6.92 Å². The molecule has 0 aliphatic carbocycles. The van der Waals surface area contributed by atoms with Crippen LogP contribution in [0, 0.1) is 0 Å². The topological polar surface area (TPSA) is 77.6 Å². The van der Waals surface area contributed by atoms with Crippen LogP contribution in [0.3, 0.4) is 0 Å². The molecule has 0 spiro atoms. The number of piperazine rings is 1. The van der Waals surface area contributed by atoms with Crippen LogP contribution in [-0.4, -0.2) is 54.9 Å². The molecule has 2 amide bonds. The Morgan fingerprint density at radius 3 is 2.31 bits per heavy atom. The van der Waals surface area contributed by atoms with Crippen molar-refractivity contribution in [3.8, 4) is 0 Å². The molecule has 2 heterocycles. The number of aromatic nitrogens is 1. The van der Waals surface area contributed by atoms with Crippen molar-refractivity contribution < 1.29 is 9.59 Å². The normalized spacial score (nSPS) is 14.8. The highest BCUT2D eigenvalue weighted by Gasteiger charge is 2.16. The molecular weight excluding hydrogens is 330 g/mol. The van der Waals surface area contributed by atoms with Gasteiger partial charge in [0.15, 0.2) is 0 Å². The summed E-state index contributed by atoms with van der Waals surface area (Å²) in [6.45, 7) is 5.33. The third kappa shape index (κ3) is 4.58. The molecule has 1 aliphatic rings. The second-order valence-corrected chi connectivity index (χ2v) is 6.41. The molecular formula is C19H23N5O2. The largest absolute Gasteiger partial charge is 0.354 e. The lowest BCUT2D eigenvalue weighted by Gasteiger charge is -2.33. The number of anilines is 3. The third-order valence-electron chi connectivity index (χ3n) is 4.28. The van der Waals surface area contributed by atoms with E-state index in [1.165, 1.54) is 6.92 Å². The summed E-state index contributed by atoms with van der Waals surface area (Å²) >= 11 is 0. The SMILES string of the molecule is CC(=O)Nc1cccc(NC(=O)c2ccc(N3CCN(C)CC3)nc2)c1. The van der Waals surface area contributed by atoms with Gasteiger partial charge in [-0.1, -0.05) is 6.07 Å². The minimum absolute atomic E-state index is 0.155. The lowest BCUT2D eigenvalue weighted by molar-refractivity contribution is -0.114. The van der Waals surface area contributed by atoms with Gasteiger partial charge < -0.3 is 20.4 Å². The zero-order valence-corrected chi connectivity index (χ0v) is 15.0. The van der Waals surface area contributed by atoms with Crippen molar-refractivity contribution in [3.05, 3.63) is 48.2 Å². The number of carbonyl (C=O) groups is 2. The maximum absolute atomic E-state index is 12.4. The first-order valence-corrected chi connectivity index (χ1v) is 8.60. The van der Waals surface area contributed by atoms with Crippen molar-refractivity contribution in [2.24, 2.45) is 0 Å². The standard InChI is InChI=1S/C19H23N5O2/c1-14(25)21-16-4-3-5-17(12-16)22-19(26)15-6-7-18(20-13-15)24-10-8-23(2)9-11-24/h3-7,12-13H,8-11H2,1-2H3,(H,21,25)(H,22,26). The van der Waals surface area contributed by atoms with Crippen LogP contribution in [0.1, 0.15) is 17.3 Å². The fourth-order valence-electron chi connectivity index (χ4n) is 2.82. The molecule has 1 fully saturated rings. The maximum atomic E-state index is 12.4. The fraction of sp³-hybridized carbons (Fsp3) is 0.316. The van der Waals surface area contributed by atoms with Crippen LogP contribution in [-0.2, 0) is 4.79 Å². The van der Waals surface area contributed by atoms with E-state index < -0.39 is 0 Å². The molecule has 0 radical (unpaired) electrons. The van der Waals surface area contributed by atoms with Gasteiger partial charge in [0.1, 0.15) is 5.82 Å². The smallest absolute Gasteiger partial charge is 0.257 e. The maximum Gasteiger partial charge on any atom is 0.257 e. The molecule has 0 bridgehead atoms. The summed E-state index contributed by atoms with van der Waals surface area (Å²) in [5, 5.41) is 5.52. The average Bonchev–Trinajstić information content (AvgIpc) is 2.62. The van der Waals surface area contributed by atoms with Crippen LogP contribution >= 0.6 is 0 Å². The average molecular weight is 353 g/mol. The van der Waals surface area contributed by atoms with Crippen LogP contribution < -0.4 is 15.5 Å². The summed E-state index contributed by atoms with van der Waals surface area (Å²) in [6, 6.07) is 10.7. The number of pyridine rings is 1. The summed E-state index contributed by atoms with van der Waals surface area (Å²) in [7, 11) is 2.11. The second kappa shape index (κ2) is 7.97. The Morgan fingerprint density at radius 2 is 1.69 bits per heavy atom. The van der Waals surface area contributed by atoms with Crippen molar-refractivity contribution in [2.75, 3.05) is 48.8 Å². The van der Waals surface area contributed by atoms with E-state index >= 15 is 0 Å². The number of hydrogen-bond donors (Lipinski definition) is 2. The third-order valence-corrected chi connectivity index (χ3v) is 4.28. The van der Waals surface area contributed by atoms with E-state index in [0.717, 1.165) is 32.0 Å². The summed E-state index contributed by atoms with van der Waals surface area (Å²) in [5.74, 6) is 0.502. The van der Waals surface area contributed by atoms with Gasteiger partial charge in [-0.25, -0.2) is 4.98 Å². The van der Waals surface area contributed by atoms with Crippen LogP contribution in [0.2, 0.25) is 0 Å². The second-order valence-electron chi connectivity index (χ2n) is 6.41. The van der Waals surface area contributed by atoms with Gasteiger partial charge in [0, 0.05) is 50.7 Å². The number of amides is 2. The Balaban J connectivity index is 1.64. The molecule has 7 heteroatoms. The molecule has 1 aromatic heterocycles. The quantitative estimate of drug-likeness (QED) is 0.880. The zero-order valence-electron chi connectivity index (χ0n) is 15.0. The Bertz CT molecular complexity index is 783. The number of hydrogen-bond acceptors (Lipinski definition) is 5. The zero-order chi connectivity index (χ0) is 18.5. The van der Waals surface area contributed by atoms with E-state index in [9.17, 15) is 9.59 Å². The molecule has 7 nitrogen and oxygen atoms in total. The number of benzene rings is 1. The molecule has 2 N–H and O–H groups in total. The molecule has 3 rings (SSSR count). The van der Waals surface area contributed by atoms with E-state index in [1.54, 1.807) is 36.5 Å². The molecule has 0 unspecified atom stereocenters. The van der Waals surface area contributed by atoms with Crippen molar-refractivity contribution in [1.29, 1.82) is 0 Å². The highest BCUT2D eigenvalue weighted by molar-refractivity contribution is 6.04.